The molecule has 3 rings (SSSR count). The van der Waals surface area contributed by atoms with Gasteiger partial charge in [0.2, 0.25) is 0 Å². The minimum absolute atomic E-state index is 0.218. The van der Waals surface area contributed by atoms with Gasteiger partial charge in [0.05, 0.1) is 5.69 Å². The van der Waals surface area contributed by atoms with Gasteiger partial charge in [-0.05, 0) is 44.5 Å². The van der Waals surface area contributed by atoms with E-state index in [0.29, 0.717) is 11.3 Å². The molecule has 0 fully saturated rings. The first-order valence-corrected chi connectivity index (χ1v) is 6.75. The fourth-order valence-corrected chi connectivity index (χ4v) is 2.27. The van der Waals surface area contributed by atoms with E-state index in [1.807, 2.05) is 51.1 Å². The van der Waals surface area contributed by atoms with Crippen LogP contribution in [0.3, 0.4) is 0 Å². The summed E-state index contributed by atoms with van der Waals surface area (Å²) in [7, 11) is 0. The number of benzene rings is 1. The van der Waals surface area contributed by atoms with Crippen molar-refractivity contribution >= 4 is 17.2 Å². The van der Waals surface area contributed by atoms with E-state index in [1.54, 1.807) is 10.6 Å². The number of fused-ring (bicyclic) bond motifs is 1. The van der Waals surface area contributed by atoms with E-state index in [0.717, 1.165) is 22.6 Å². The molecule has 3 aromatic rings. The lowest BCUT2D eigenvalue weighted by Crippen LogP contribution is -2.15. The number of hydrogen-bond acceptors (Lipinski definition) is 3. The van der Waals surface area contributed by atoms with Crippen LogP contribution in [0.15, 0.2) is 36.4 Å². The second kappa shape index (κ2) is 5.01. The van der Waals surface area contributed by atoms with E-state index in [-0.39, 0.29) is 5.91 Å². The van der Waals surface area contributed by atoms with Crippen LogP contribution < -0.4 is 5.32 Å². The molecule has 106 valence electrons. The summed E-state index contributed by atoms with van der Waals surface area (Å²) in [6, 6.07) is 11.3. The molecule has 2 heterocycles. The number of aryl methyl sites for hydroxylation is 3. The molecule has 0 aliphatic heterocycles. The van der Waals surface area contributed by atoms with Gasteiger partial charge in [-0.1, -0.05) is 12.1 Å². The van der Waals surface area contributed by atoms with Gasteiger partial charge in [-0.3, -0.25) is 4.79 Å². The van der Waals surface area contributed by atoms with E-state index >= 15 is 0 Å². The van der Waals surface area contributed by atoms with Gasteiger partial charge < -0.3 is 5.32 Å². The van der Waals surface area contributed by atoms with E-state index in [9.17, 15) is 4.79 Å². The monoisotopic (exact) mass is 280 g/mol. The summed E-state index contributed by atoms with van der Waals surface area (Å²) in [4.78, 5) is 16.7. The van der Waals surface area contributed by atoms with Crippen molar-refractivity contribution in [3.63, 3.8) is 0 Å². The number of carbonyl (C=O) groups is 1. The SMILES string of the molecule is Cc1cccc(NC(=O)c2cc(C)n3nc(C)cc3n2)c1. The Morgan fingerprint density at radius 3 is 2.71 bits per heavy atom. The van der Waals surface area contributed by atoms with Crippen molar-refractivity contribution in [2.75, 3.05) is 5.32 Å². The zero-order valence-corrected chi connectivity index (χ0v) is 12.2. The first-order chi connectivity index (χ1) is 10.0. The van der Waals surface area contributed by atoms with Crippen LogP contribution in [0.4, 0.5) is 5.69 Å². The van der Waals surface area contributed by atoms with Crippen molar-refractivity contribution in [1.82, 2.24) is 14.6 Å². The van der Waals surface area contributed by atoms with Crippen LogP contribution in [0.5, 0.6) is 0 Å². The Bertz CT molecular complexity index is 835. The number of amides is 1. The number of nitrogens with one attached hydrogen (secondary N) is 1. The molecule has 0 aliphatic rings. The van der Waals surface area contributed by atoms with Crippen molar-refractivity contribution in [2.45, 2.75) is 20.8 Å². The van der Waals surface area contributed by atoms with E-state index in [2.05, 4.69) is 15.4 Å². The van der Waals surface area contributed by atoms with Gasteiger partial charge in [0.15, 0.2) is 5.65 Å². The minimum Gasteiger partial charge on any atom is -0.321 e. The van der Waals surface area contributed by atoms with E-state index in [1.165, 1.54) is 0 Å². The molecule has 0 bridgehead atoms. The molecule has 0 spiro atoms. The summed E-state index contributed by atoms with van der Waals surface area (Å²) < 4.78 is 1.73. The molecular formula is C16H16N4O. The third kappa shape index (κ3) is 2.63. The molecular weight excluding hydrogens is 264 g/mol. The van der Waals surface area contributed by atoms with Gasteiger partial charge in [-0.15, -0.1) is 0 Å². The highest BCUT2D eigenvalue weighted by atomic mass is 16.1. The molecule has 0 saturated carbocycles. The number of hydrogen-bond donors (Lipinski definition) is 1. The maximum absolute atomic E-state index is 12.3. The number of nitrogens with zero attached hydrogens (tertiary/aromatic N) is 3. The highest BCUT2D eigenvalue weighted by Gasteiger charge is 2.12. The lowest BCUT2D eigenvalue weighted by atomic mass is 10.2. The minimum atomic E-state index is -0.218. The third-order valence-corrected chi connectivity index (χ3v) is 3.24. The largest absolute Gasteiger partial charge is 0.321 e. The molecule has 0 atom stereocenters. The molecule has 1 aromatic carbocycles. The molecule has 0 saturated heterocycles. The van der Waals surface area contributed by atoms with Crippen molar-refractivity contribution < 1.29 is 4.79 Å². The van der Waals surface area contributed by atoms with Gasteiger partial charge in [-0.25, -0.2) is 9.50 Å². The molecule has 0 radical (unpaired) electrons. The highest BCUT2D eigenvalue weighted by molar-refractivity contribution is 6.03. The van der Waals surface area contributed by atoms with E-state index in [4.69, 9.17) is 0 Å². The summed E-state index contributed by atoms with van der Waals surface area (Å²) in [6.07, 6.45) is 0. The van der Waals surface area contributed by atoms with Crippen LogP contribution >= 0.6 is 0 Å². The normalized spacial score (nSPS) is 10.8. The van der Waals surface area contributed by atoms with Gasteiger partial charge in [-0.2, -0.15) is 5.10 Å². The smallest absolute Gasteiger partial charge is 0.274 e. The molecule has 5 heteroatoms. The maximum atomic E-state index is 12.3. The fraction of sp³-hybridized carbons (Fsp3) is 0.188. The van der Waals surface area contributed by atoms with Gasteiger partial charge in [0.1, 0.15) is 5.69 Å². The van der Waals surface area contributed by atoms with Gasteiger partial charge in [0, 0.05) is 17.4 Å². The second-order valence-corrected chi connectivity index (χ2v) is 5.16. The Hall–Kier alpha value is -2.69. The fourth-order valence-electron chi connectivity index (χ4n) is 2.27. The Labute approximate surface area is 122 Å². The number of aromatic nitrogens is 3. The molecule has 21 heavy (non-hydrogen) atoms. The van der Waals surface area contributed by atoms with Crippen LogP contribution in [-0.2, 0) is 0 Å². The summed E-state index contributed by atoms with van der Waals surface area (Å²) in [5, 5.41) is 7.20. The second-order valence-electron chi connectivity index (χ2n) is 5.16. The van der Waals surface area contributed by atoms with Crippen LogP contribution in [0.1, 0.15) is 27.4 Å². The molecule has 1 amide bonds. The number of carbonyl (C=O) groups excluding carboxylic acids is 1. The Morgan fingerprint density at radius 2 is 1.95 bits per heavy atom. The van der Waals surface area contributed by atoms with Gasteiger partial charge in [0.25, 0.3) is 5.91 Å². The van der Waals surface area contributed by atoms with Crippen LogP contribution in [0.2, 0.25) is 0 Å². The average molecular weight is 280 g/mol. The van der Waals surface area contributed by atoms with Crippen molar-refractivity contribution in [3.8, 4) is 0 Å². The number of rotatable bonds is 2. The standard InChI is InChI=1S/C16H16N4O/c1-10-5-4-6-13(7-10)17-16(21)14-9-12(3)20-15(18-14)8-11(2)19-20/h4-9H,1-3H3,(H,17,21). The quantitative estimate of drug-likeness (QED) is 0.785. The lowest BCUT2D eigenvalue weighted by molar-refractivity contribution is 0.102. The van der Waals surface area contributed by atoms with Crippen LogP contribution in [0.25, 0.3) is 5.65 Å². The summed E-state index contributed by atoms with van der Waals surface area (Å²) >= 11 is 0. The van der Waals surface area contributed by atoms with Crippen LogP contribution in [-0.4, -0.2) is 20.5 Å². The molecule has 0 aliphatic carbocycles. The summed E-state index contributed by atoms with van der Waals surface area (Å²) in [5.41, 5.74) is 4.69. The van der Waals surface area contributed by atoms with Crippen LogP contribution in [0, 0.1) is 20.8 Å². The lowest BCUT2D eigenvalue weighted by Gasteiger charge is -2.07. The predicted molar refractivity (Wildman–Crippen MR) is 81.6 cm³/mol. The highest BCUT2D eigenvalue weighted by Crippen LogP contribution is 2.13. The van der Waals surface area contributed by atoms with E-state index < -0.39 is 0 Å². The summed E-state index contributed by atoms with van der Waals surface area (Å²) in [6.45, 7) is 5.80. The molecule has 1 N–H and O–H groups in total. The molecule has 5 nitrogen and oxygen atoms in total. The first-order valence-electron chi connectivity index (χ1n) is 6.75. The van der Waals surface area contributed by atoms with Crippen molar-refractivity contribution in [2.24, 2.45) is 0 Å². The third-order valence-electron chi connectivity index (χ3n) is 3.24. The molecule has 2 aromatic heterocycles. The number of anilines is 1. The van der Waals surface area contributed by atoms with Crippen molar-refractivity contribution in [1.29, 1.82) is 0 Å². The zero-order valence-electron chi connectivity index (χ0n) is 12.2. The Morgan fingerprint density at radius 1 is 1.14 bits per heavy atom. The zero-order chi connectivity index (χ0) is 15.0. The maximum Gasteiger partial charge on any atom is 0.274 e. The molecule has 0 unspecified atom stereocenters. The average Bonchev–Trinajstić information content (AvgIpc) is 2.79. The van der Waals surface area contributed by atoms with Crippen molar-refractivity contribution in [3.05, 3.63) is 59.0 Å². The first kappa shape index (κ1) is 13.3. The predicted octanol–water partition coefficient (Wildman–Crippen LogP) is 2.91. The Balaban J connectivity index is 1.94. The Kier molecular flexibility index (Phi) is 3.17. The topological polar surface area (TPSA) is 59.3 Å². The summed E-state index contributed by atoms with van der Waals surface area (Å²) in [5.74, 6) is -0.218. The van der Waals surface area contributed by atoms with Gasteiger partial charge >= 0.3 is 0 Å².